The number of nitrogens with one attached hydrogen (secondary N) is 1. The second kappa shape index (κ2) is 11.8. The number of benzene rings is 2. The highest BCUT2D eigenvalue weighted by atomic mass is 35.5. The molecule has 202 valence electrons. The second-order valence-corrected chi connectivity index (χ2v) is 12.9. The van der Waals surface area contributed by atoms with E-state index in [2.05, 4.69) is 48.6 Å². The smallest absolute Gasteiger partial charge is 0.253 e. The standard InChI is InChI=1S/C32H33Cl2N3OS/c1-32(2,3)30-17-22(12-13-35-30)29-16-24(20-39-29)27-11-8-23(15-28(27)34)31(38)37-14-4-5-26(19-37)36-18-21-6-9-25(33)10-7-21/h6-13,15-17,20,26,36H,4-5,14,18-19H2,1-3H3/t26-/m1/s1. The molecule has 5 rings (SSSR count). The monoisotopic (exact) mass is 577 g/mol. The van der Waals surface area contributed by atoms with E-state index < -0.39 is 0 Å². The summed E-state index contributed by atoms with van der Waals surface area (Å²) >= 11 is 14.4. The van der Waals surface area contributed by atoms with Crippen LogP contribution in [0.3, 0.4) is 0 Å². The number of thiophene rings is 1. The lowest BCUT2D eigenvalue weighted by Crippen LogP contribution is -2.47. The van der Waals surface area contributed by atoms with Crippen LogP contribution in [0.25, 0.3) is 21.6 Å². The zero-order chi connectivity index (χ0) is 27.6. The number of hydrogen-bond donors (Lipinski definition) is 1. The van der Waals surface area contributed by atoms with E-state index in [1.165, 1.54) is 10.4 Å². The molecule has 4 nitrogen and oxygen atoms in total. The van der Waals surface area contributed by atoms with Gasteiger partial charge in [-0.1, -0.05) is 62.2 Å². The first-order chi connectivity index (χ1) is 18.7. The molecule has 4 aromatic rings. The van der Waals surface area contributed by atoms with E-state index in [-0.39, 0.29) is 17.4 Å². The number of nitrogens with zero attached hydrogens (tertiary/aromatic N) is 2. The maximum atomic E-state index is 13.4. The van der Waals surface area contributed by atoms with Gasteiger partial charge in [0.25, 0.3) is 5.91 Å². The quantitative estimate of drug-likeness (QED) is 0.250. The van der Waals surface area contributed by atoms with E-state index in [0.717, 1.165) is 53.3 Å². The maximum Gasteiger partial charge on any atom is 0.253 e. The van der Waals surface area contributed by atoms with Crippen molar-refractivity contribution in [1.29, 1.82) is 0 Å². The lowest BCUT2D eigenvalue weighted by atomic mass is 9.90. The fourth-order valence-corrected chi connectivity index (χ4v) is 6.20. The average molecular weight is 579 g/mol. The van der Waals surface area contributed by atoms with Gasteiger partial charge in [-0.05, 0) is 77.4 Å². The Morgan fingerprint density at radius 2 is 1.85 bits per heavy atom. The summed E-state index contributed by atoms with van der Waals surface area (Å²) in [5.41, 5.74) is 6.00. The zero-order valence-corrected chi connectivity index (χ0v) is 24.8. The molecule has 1 atom stereocenters. The van der Waals surface area contributed by atoms with Crippen molar-refractivity contribution in [1.82, 2.24) is 15.2 Å². The van der Waals surface area contributed by atoms with Gasteiger partial charge in [0.2, 0.25) is 0 Å². The third-order valence-electron chi connectivity index (χ3n) is 7.16. The molecule has 1 amide bonds. The molecule has 0 unspecified atom stereocenters. The molecular formula is C32H33Cl2N3OS. The lowest BCUT2D eigenvalue weighted by Gasteiger charge is -2.33. The topological polar surface area (TPSA) is 45.2 Å². The van der Waals surface area contributed by atoms with Gasteiger partial charge in [0.1, 0.15) is 0 Å². The Hall–Kier alpha value is -2.70. The molecule has 0 radical (unpaired) electrons. The normalized spacial score (nSPS) is 15.9. The first-order valence-electron chi connectivity index (χ1n) is 13.3. The van der Waals surface area contributed by atoms with Crippen LogP contribution in [-0.2, 0) is 12.0 Å². The number of amides is 1. The minimum absolute atomic E-state index is 0.0110. The van der Waals surface area contributed by atoms with Crippen LogP contribution in [0, 0.1) is 0 Å². The summed E-state index contributed by atoms with van der Waals surface area (Å²) in [6, 6.07) is 20.2. The Morgan fingerprint density at radius 1 is 1.05 bits per heavy atom. The fourth-order valence-electron chi connectivity index (χ4n) is 4.88. The van der Waals surface area contributed by atoms with Crippen molar-refractivity contribution in [2.24, 2.45) is 0 Å². The van der Waals surface area contributed by atoms with Crippen molar-refractivity contribution in [3.63, 3.8) is 0 Å². The highest BCUT2D eigenvalue weighted by molar-refractivity contribution is 7.14. The second-order valence-electron chi connectivity index (χ2n) is 11.2. The summed E-state index contributed by atoms with van der Waals surface area (Å²) in [5.74, 6) is 0.0268. The number of hydrogen-bond acceptors (Lipinski definition) is 4. The molecule has 7 heteroatoms. The predicted molar refractivity (Wildman–Crippen MR) is 164 cm³/mol. The number of pyridine rings is 1. The van der Waals surface area contributed by atoms with Gasteiger partial charge in [-0.3, -0.25) is 9.78 Å². The molecule has 0 spiro atoms. The highest BCUT2D eigenvalue weighted by Gasteiger charge is 2.25. The van der Waals surface area contributed by atoms with E-state index in [1.807, 2.05) is 59.6 Å². The number of rotatable bonds is 6. The van der Waals surface area contributed by atoms with Crippen molar-refractivity contribution in [2.75, 3.05) is 13.1 Å². The molecule has 2 aromatic heterocycles. The first-order valence-corrected chi connectivity index (χ1v) is 14.9. The molecule has 1 fully saturated rings. The predicted octanol–water partition coefficient (Wildman–Crippen LogP) is 8.48. The van der Waals surface area contributed by atoms with Gasteiger partial charge in [-0.25, -0.2) is 0 Å². The molecule has 0 bridgehead atoms. The summed E-state index contributed by atoms with van der Waals surface area (Å²) < 4.78 is 0. The number of carbonyl (C=O) groups excluding carboxylic acids is 1. The zero-order valence-electron chi connectivity index (χ0n) is 22.5. The van der Waals surface area contributed by atoms with E-state index in [9.17, 15) is 4.79 Å². The van der Waals surface area contributed by atoms with Gasteiger partial charge in [-0.2, -0.15) is 0 Å². The summed E-state index contributed by atoms with van der Waals surface area (Å²) in [7, 11) is 0. The number of halogens is 2. The van der Waals surface area contributed by atoms with Crippen LogP contribution in [0.2, 0.25) is 10.0 Å². The molecule has 1 aliphatic heterocycles. The van der Waals surface area contributed by atoms with E-state index >= 15 is 0 Å². The Bertz CT molecular complexity index is 1460. The fraction of sp³-hybridized carbons (Fsp3) is 0.312. The summed E-state index contributed by atoms with van der Waals surface area (Å²) in [6.07, 6.45) is 3.90. The lowest BCUT2D eigenvalue weighted by molar-refractivity contribution is 0.0694. The summed E-state index contributed by atoms with van der Waals surface area (Å²) in [5, 5.41) is 7.04. The van der Waals surface area contributed by atoms with Gasteiger partial charge in [0, 0.05) is 69.0 Å². The Labute approximate surface area is 245 Å². The van der Waals surface area contributed by atoms with Gasteiger partial charge in [0.15, 0.2) is 0 Å². The van der Waals surface area contributed by atoms with Crippen LogP contribution in [0.15, 0.2) is 72.2 Å². The molecule has 1 saturated heterocycles. The van der Waals surface area contributed by atoms with Gasteiger partial charge >= 0.3 is 0 Å². The summed E-state index contributed by atoms with van der Waals surface area (Å²) in [4.78, 5) is 21.0. The number of carbonyl (C=O) groups is 1. The van der Waals surface area contributed by atoms with Crippen LogP contribution in [0.1, 0.15) is 55.2 Å². The molecule has 0 aliphatic carbocycles. The van der Waals surface area contributed by atoms with Gasteiger partial charge in [0.05, 0.1) is 0 Å². The third-order valence-corrected chi connectivity index (χ3v) is 8.70. The first kappa shape index (κ1) is 27.9. The van der Waals surface area contributed by atoms with Crippen molar-refractivity contribution in [3.05, 3.63) is 99.1 Å². The maximum absolute atomic E-state index is 13.4. The molecule has 1 aliphatic rings. The van der Waals surface area contributed by atoms with Gasteiger partial charge < -0.3 is 10.2 Å². The van der Waals surface area contributed by atoms with Gasteiger partial charge in [-0.15, -0.1) is 11.3 Å². The van der Waals surface area contributed by atoms with Crippen LogP contribution in [-0.4, -0.2) is 34.9 Å². The van der Waals surface area contributed by atoms with Crippen molar-refractivity contribution in [2.45, 2.75) is 51.6 Å². The molecule has 3 heterocycles. The molecule has 0 saturated carbocycles. The Morgan fingerprint density at radius 3 is 2.59 bits per heavy atom. The van der Waals surface area contributed by atoms with Crippen molar-refractivity contribution in [3.8, 4) is 21.6 Å². The van der Waals surface area contributed by atoms with Crippen LogP contribution >= 0.6 is 34.5 Å². The van der Waals surface area contributed by atoms with Crippen LogP contribution < -0.4 is 5.32 Å². The molecular weight excluding hydrogens is 545 g/mol. The minimum Gasteiger partial charge on any atom is -0.337 e. The van der Waals surface area contributed by atoms with Crippen molar-refractivity contribution >= 4 is 40.4 Å². The average Bonchev–Trinajstić information content (AvgIpc) is 3.42. The van der Waals surface area contributed by atoms with Crippen LogP contribution in [0.4, 0.5) is 0 Å². The number of piperidine rings is 1. The minimum atomic E-state index is -0.0110. The number of aromatic nitrogens is 1. The van der Waals surface area contributed by atoms with E-state index in [1.54, 1.807) is 11.3 Å². The summed E-state index contributed by atoms with van der Waals surface area (Å²) in [6.45, 7) is 8.70. The largest absolute Gasteiger partial charge is 0.337 e. The van der Waals surface area contributed by atoms with E-state index in [4.69, 9.17) is 23.2 Å². The van der Waals surface area contributed by atoms with Crippen molar-refractivity contribution < 1.29 is 4.79 Å². The Kier molecular flexibility index (Phi) is 8.43. The van der Waals surface area contributed by atoms with E-state index in [0.29, 0.717) is 17.1 Å². The number of likely N-dealkylation sites (tertiary alicyclic amines) is 1. The molecule has 2 aromatic carbocycles. The Balaban J connectivity index is 1.26. The highest BCUT2D eigenvalue weighted by Crippen LogP contribution is 2.37. The molecule has 1 N–H and O–H groups in total. The van der Waals surface area contributed by atoms with Crippen LogP contribution in [0.5, 0.6) is 0 Å². The molecule has 39 heavy (non-hydrogen) atoms. The SMILES string of the molecule is CC(C)(C)c1cc(-c2cc(-c3ccc(C(=O)N4CCC[C@@H](NCc5ccc(Cl)cc5)C4)cc3Cl)cs2)ccn1. The third kappa shape index (κ3) is 6.72.